The number of likely N-dealkylation sites (N-methyl/N-ethyl adjacent to an activating group) is 2. The smallest absolute Gasteiger partial charge is 0.228 e. The van der Waals surface area contributed by atoms with Gasteiger partial charge in [-0.15, -0.1) is 0 Å². The molecule has 1 fully saturated rings. The van der Waals surface area contributed by atoms with Gasteiger partial charge in [0.1, 0.15) is 7.28 Å². The summed E-state index contributed by atoms with van der Waals surface area (Å²) < 4.78 is 0. The van der Waals surface area contributed by atoms with Crippen molar-refractivity contribution < 1.29 is 4.79 Å². The van der Waals surface area contributed by atoms with Gasteiger partial charge in [-0.3, -0.25) is 4.79 Å². The molecule has 1 saturated heterocycles. The lowest BCUT2D eigenvalue weighted by atomic mass is 9.54. The molecule has 0 spiro atoms. The zero-order valence-electron chi connectivity index (χ0n) is 23.2. The van der Waals surface area contributed by atoms with Crippen LogP contribution < -0.4 is 0 Å². The van der Waals surface area contributed by atoms with Crippen molar-refractivity contribution >= 4 is 20.6 Å². The third-order valence-electron chi connectivity index (χ3n) is 6.80. The molecule has 184 valence electrons. The lowest BCUT2D eigenvalue weighted by molar-refractivity contribution is -0.143. The molecule has 0 atom stereocenters. The second kappa shape index (κ2) is 13.4. The first-order valence-corrected chi connectivity index (χ1v) is 13.2. The van der Waals surface area contributed by atoms with Crippen LogP contribution in [0.4, 0.5) is 0 Å². The van der Waals surface area contributed by atoms with E-state index in [1.165, 1.54) is 0 Å². The van der Waals surface area contributed by atoms with E-state index in [2.05, 4.69) is 98.7 Å². The Morgan fingerprint density at radius 2 is 1.62 bits per heavy atom. The van der Waals surface area contributed by atoms with E-state index in [4.69, 9.17) is 0 Å². The Bertz CT molecular complexity index is 543. The molecule has 4 nitrogen and oxygen atoms in total. The summed E-state index contributed by atoms with van der Waals surface area (Å²) in [6.45, 7) is 26.4. The molecule has 32 heavy (non-hydrogen) atoms. The average molecular weight is 445 g/mol. The van der Waals surface area contributed by atoms with Crippen LogP contribution in [-0.4, -0.2) is 81.5 Å². The van der Waals surface area contributed by atoms with Crippen LogP contribution in [0.3, 0.4) is 0 Å². The lowest BCUT2D eigenvalue weighted by Gasteiger charge is -2.41. The zero-order chi connectivity index (χ0) is 24.5. The first kappa shape index (κ1) is 29.6. The van der Waals surface area contributed by atoms with Gasteiger partial charge in [-0.2, -0.15) is 0 Å². The fourth-order valence-corrected chi connectivity index (χ4v) is 5.24. The third-order valence-corrected chi connectivity index (χ3v) is 6.80. The summed E-state index contributed by atoms with van der Waals surface area (Å²) in [5.41, 5.74) is -0.141. The van der Waals surface area contributed by atoms with Gasteiger partial charge in [-0.1, -0.05) is 80.3 Å². The molecule has 6 heteroatoms. The van der Waals surface area contributed by atoms with Crippen molar-refractivity contribution in [3.63, 3.8) is 0 Å². The summed E-state index contributed by atoms with van der Waals surface area (Å²) in [7, 11) is 6.99. The van der Waals surface area contributed by atoms with E-state index in [0.29, 0.717) is 23.5 Å². The fourth-order valence-electron chi connectivity index (χ4n) is 5.24. The van der Waals surface area contributed by atoms with Crippen LogP contribution in [0.25, 0.3) is 0 Å². The number of carbonyl (C=O) groups is 1. The van der Waals surface area contributed by atoms with Gasteiger partial charge in [0.05, 0.1) is 0 Å². The van der Waals surface area contributed by atoms with Gasteiger partial charge < -0.3 is 14.6 Å². The van der Waals surface area contributed by atoms with Gasteiger partial charge >= 0.3 is 0 Å². The lowest BCUT2D eigenvalue weighted by Crippen LogP contribution is -2.47. The van der Waals surface area contributed by atoms with E-state index in [0.717, 1.165) is 64.9 Å². The van der Waals surface area contributed by atoms with Gasteiger partial charge in [0.2, 0.25) is 13.3 Å². The highest BCUT2D eigenvalue weighted by atomic mass is 16.2. The van der Waals surface area contributed by atoms with Crippen LogP contribution in [0, 0.1) is 16.7 Å². The highest BCUT2D eigenvalue weighted by Crippen LogP contribution is 2.39. The molecule has 1 rings (SSSR count). The predicted molar refractivity (Wildman–Crippen MR) is 143 cm³/mol. The van der Waals surface area contributed by atoms with Crippen molar-refractivity contribution in [3.05, 3.63) is 0 Å². The van der Waals surface area contributed by atoms with E-state index in [9.17, 15) is 4.79 Å². The molecule has 1 aliphatic heterocycles. The van der Waals surface area contributed by atoms with E-state index < -0.39 is 0 Å². The Hall–Kier alpha value is -0.480. The van der Waals surface area contributed by atoms with Crippen molar-refractivity contribution in [2.75, 3.05) is 46.3 Å². The summed E-state index contributed by atoms with van der Waals surface area (Å²) in [6.07, 6.45) is 4.27. The minimum Gasteiger partial charge on any atom is -0.345 e. The zero-order valence-corrected chi connectivity index (χ0v) is 23.2. The molecule has 0 aromatic carbocycles. The van der Waals surface area contributed by atoms with Crippen LogP contribution >= 0.6 is 0 Å². The highest BCUT2D eigenvalue weighted by Gasteiger charge is 2.38. The number of hydrogen-bond donors (Lipinski definition) is 0. The van der Waals surface area contributed by atoms with Gasteiger partial charge in [0.15, 0.2) is 0 Å². The van der Waals surface area contributed by atoms with Crippen molar-refractivity contribution in [1.29, 1.82) is 0 Å². The maximum absolute atomic E-state index is 13.4. The summed E-state index contributed by atoms with van der Waals surface area (Å²) in [5.74, 6) is 2.26. The Balaban J connectivity index is 2.46. The molecule has 1 amide bonds. The predicted octanol–water partition coefficient (Wildman–Crippen LogP) is 5.32. The average Bonchev–Trinajstić information content (AvgIpc) is 2.68. The minimum absolute atomic E-state index is 0.157. The maximum atomic E-state index is 13.4. The van der Waals surface area contributed by atoms with E-state index >= 15 is 0 Å². The highest BCUT2D eigenvalue weighted by molar-refractivity contribution is 6.37. The van der Waals surface area contributed by atoms with Crippen molar-refractivity contribution in [3.8, 4) is 0 Å². The Morgan fingerprint density at radius 1 is 1.03 bits per heavy atom. The number of piperidine rings is 1. The van der Waals surface area contributed by atoms with Gasteiger partial charge in [-0.25, -0.2) is 0 Å². The summed E-state index contributed by atoms with van der Waals surface area (Å²) >= 11 is 0. The van der Waals surface area contributed by atoms with E-state index in [1.807, 2.05) is 0 Å². The third kappa shape index (κ3) is 11.1. The molecule has 0 aliphatic carbocycles. The number of likely N-dealkylation sites (tertiary alicyclic amines) is 1. The van der Waals surface area contributed by atoms with Crippen molar-refractivity contribution in [2.45, 2.75) is 99.5 Å². The van der Waals surface area contributed by atoms with E-state index in [-0.39, 0.29) is 10.8 Å². The molecule has 1 heterocycles. The Labute approximate surface area is 202 Å². The van der Waals surface area contributed by atoms with Crippen LogP contribution in [0.15, 0.2) is 0 Å². The molecule has 2 radical (unpaired) electrons. The van der Waals surface area contributed by atoms with Gasteiger partial charge in [0.25, 0.3) is 0 Å². The minimum atomic E-state index is -0.297. The fraction of sp³-hybridized carbons (Fsp3) is 0.962. The number of rotatable bonds is 14. The molecule has 1 aliphatic rings. The standard InChI is InChI=1S/C26H53B2N3O/c1-11-31(28-22(4)5)17-16-29(10)18-23-12-14-30(15-13-23)24(32)26(8,9)19-25(6,7)20-27-21(2)3/h21-23H,11-20H2,1-10H3. The first-order valence-electron chi connectivity index (χ1n) is 13.2. The monoisotopic (exact) mass is 445 g/mol. The van der Waals surface area contributed by atoms with Crippen molar-refractivity contribution in [2.24, 2.45) is 16.7 Å². The molecule has 0 unspecified atom stereocenters. The molecule has 0 N–H and O–H groups in total. The largest absolute Gasteiger partial charge is 0.345 e. The van der Waals surface area contributed by atoms with Gasteiger partial charge in [-0.05, 0) is 50.7 Å². The van der Waals surface area contributed by atoms with Gasteiger partial charge in [0, 0.05) is 31.6 Å². The number of amides is 1. The molecule has 0 aromatic rings. The van der Waals surface area contributed by atoms with Crippen LogP contribution in [0.1, 0.15) is 81.6 Å². The molecular formula is C26H53B2N3O. The maximum Gasteiger partial charge on any atom is 0.228 e. The Kier molecular flexibility index (Phi) is 12.4. The summed E-state index contributed by atoms with van der Waals surface area (Å²) in [4.78, 5) is 20.4. The molecular weight excluding hydrogens is 392 g/mol. The van der Waals surface area contributed by atoms with E-state index in [1.54, 1.807) is 0 Å². The second-order valence-corrected chi connectivity index (χ2v) is 12.4. The molecule has 0 aromatic heterocycles. The van der Waals surface area contributed by atoms with Crippen LogP contribution in [0.2, 0.25) is 18.0 Å². The van der Waals surface area contributed by atoms with Crippen molar-refractivity contribution in [1.82, 2.24) is 14.6 Å². The number of nitrogens with zero attached hydrogens (tertiary/aromatic N) is 3. The topological polar surface area (TPSA) is 26.8 Å². The summed E-state index contributed by atoms with van der Waals surface area (Å²) in [5, 5.41) is 0. The number of carbonyl (C=O) groups excluding carboxylic acids is 1. The van der Waals surface area contributed by atoms with Crippen LogP contribution in [-0.2, 0) is 4.79 Å². The van der Waals surface area contributed by atoms with Crippen LogP contribution in [0.5, 0.6) is 0 Å². The SMILES string of the molecule is CCN([B]C(C)C)CCN(C)CC1CCN(C(=O)C(C)(C)CC(C)(C)C[B]C(C)C)CC1. The second-order valence-electron chi connectivity index (χ2n) is 12.4. The molecule has 0 bridgehead atoms. The Morgan fingerprint density at radius 3 is 2.12 bits per heavy atom. The normalized spacial score (nSPS) is 16.5. The molecule has 0 saturated carbocycles. The summed E-state index contributed by atoms with van der Waals surface area (Å²) in [6, 6.07) is 0. The number of hydrogen-bond acceptors (Lipinski definition) is 3. The quantitative estimate of drug-likeness (QED) is 0.339. The first-order chi connectivity index (χ1) is 14.8.